The Kier molecular flexibility index (Phi) is 5.39. The molecule has 0 aliphatic carbocycles. The Morgan fingerprint density at radius 3 is 2.43 bits per heavy atom. The Labute approximate surface area is 200 Å². The first-order chi connectivity index (χ1) is 16.8. The standard InChI is InChI=1S/C26H25N5O4/c1-16-9-8-12-20(13-16)30-17(2)18(3)31-22-23(27-25(30)31)28(4)26(34)29(24(22)33)14-21(32)35-15-19-10-6-5-7-11-19/h5-13H,14-15H2,1-4H3. The molecule has 0 unspecified atom stereocenters. The number of nitrogens with zero attached hydrogens (tertiary/aromatic N) is 5. The molecule has 0 N–H and O–H groups in total. The van der Waals surface area contributed by atoms with E-state index in [4.69, 9.17) is 4.74 Å². The summed E-state index contributed by atoms with van der Waals surface area (Å²) in [4.78, 5) is 43.8. The van der Waals surface area contributed by atoms with Crippen LogP contribution in [0.2, 0.25) is 0 Å². The third-order valence-corrected chi connectivity index (χ3v) is 6.31. The number of benzene rings is 2. The van der Waals surface area contributed by atoms with Crippen molar-refractivity contribution in [3.8, 4) is 5.69 Å². The van der Waals surface area contributed by atoms with Crippen LogP contribution in [0.3, 0.4) is 0 Å². The Morgan fingerprint density at radius 2 is 1.71 bits per heavy atom. The molecule has 9 nitrogen and oxygen atoms in total. The molecule has 0 fully saturated rings. The monoisotopic (exact) mass is 471 g/mol. The highest BCUT2D eigenvalue weighted by Crippen LogP contribution is 2.24. The average Bonchev–Trinajstić information content (AvgIpc) is 3.35. The van der Waals surface area contributed by atoms with Crippen LogP contribution in [0.1, 0.15) is 22.5 Å². The van der Waals surface area contributed by atoms with Crippen molar-refractivity contribution < 1.29 is 9.53 Å². The van der Waals surface area contributed by atoms with Crippen LogP contribution in [-0.4, -0.2) is 29.1 Å². The lowest BCUT2D eigenvalue weighted by molar-refractivity contribution is -0.145. The number of esters is 1. The van der Waals surface area contributed by atoms with Crippen molar-refractivity contribution >= 4 is 22.9 Å². The first-order valence-corrected chi connectivity index (χ1v) is 11.2. The van der Waals surface area contributed by atoms with Gasteiger partial charge in [-0.05, 0) is 44.0 Å². The Morgan fingerprint density at radius 1 is 0.971 bits per heavy atom. The number of fused-ring (bicyclic) bond motifs is 3. The summed E-state index contributed by atoms with van der Waals surface area (Å²) in [6.07, 6.45) is 0. The van der Waals surface area contributed by atoms with Gasteiger partial charge >= 0.3 is 11.7 Å². The van der Waals surface area contributed by atoms with Crippen LogP contribution >= 0.6 is 0 Å². The molecular formula is C26H25N5O4. The van der Waals surface area contributed by atoms with Gasteiger partial charge < -0.3 is 4.74 Å². The lowest BCUT2D eigenvalue weighted by atomic mass is 10.2. The van der Waals surface area contributed by atoms with E-state index in [9.17, 15) is 14.4 Å². The minimum atomic E-state index is -0.668. The van der Waals surface area contributed by atoms with Gasteiger partial charge in [0.25, 0.3) is 5.56 Å². The SMILES string of the molecule is Cc1cccc(-n2c(C)c(C)n3c4c(=O)n(CC(=O)OCc5ccccc5)c(=O)n(C)c4nc23)c1. The lowest BCUT2D eigenvalue weighted by Gasteiger charge is -2.09. The molecule has 0 radical (unpaired) electrons. The van der Waals surface area contributed by atoms with Gasteiger partial charge in [-0.3, -0.25) is 23.1 Å². The highest BCUT2D eigenvalue weighted by molar-refractivity contribution is 5.78. The molecule has 0 amide bonds. The van der Waals surface area contributed by atoms with Crippen molar-refractivity contribution in [2.45, 2.75) is 33.9 Å². The van der Waals surface area contributed by atoms with Crippen LogP contribution in [0, 0.1) is 20.8 Å². The molecule has 3 aromatic heterocycles. The Balaban J connectivity index is 1.63. The maximum absolute atomic E-state index is 13.5. The van der Waals surface area contributed by atoms with Gasteiger partial charge in [0.15, 0.2) is 11.2 Å². The molecule has 5 aromatic rings. The summed E-state index contributed by atoms with van der Waals surface area (Å²) in [5.41, 5.74) is 3.83. The number of aromatic nitrogens is 5. The molecule has 0 saturated heterocycles. The first kappa shape index (κ1) is 22.4. The van der Waals surface area contributed by atoms with E-state index in [2.05, 4.69) is 4.98 Å². The fourth-order valence-electron chi connectivity index (χ4n) is 4.38. The smallest absolute Gasteiger partial charge is 0.333 e. The highest BCUT2D eigenvalue weighted by atomic mass is 16.5. The number of hydrogen-bond donors (Lipinski definition) is 0. The van der Waals surface area contributed by atoms with Crippen LogP contribution in [-0.2, 0) is 29.7 Å². The van der Waals surface area contributed by atoms with E-state index in [1.54, 1.807) is 11.4 Å². The number of carbonyl (C=O) groups excluding carboxylic acids is 1. The zero-order valence-electron chi connectivity index (χ0n) is 20.0. The zero-order valence-corrected chi connectivity index (χ0v) is 20.0. The van der Waals surface area contributed by atoms with Crippen LogP contribution in [0.5, 0.6) is 0 Å². The summed E-state index contributed by atoms with van der Waals surface area (Å²) in [6, 6.07) is 17.2. The van der Waals surface area contributed by atoms with Gasteiger partial charge in [-0.2, -0.15) is 4.98 Å². The van der Waals surface area contributed by atoms with E-state index in [-0.39, 0.29) is 17.8 Å². The van der Waals surface area contributed by atoms with Gasteiger partial charge in [0.2, 0.25) is 5.78 Å². The third kappa shape index (κ3) is 3.65. The van der Waals surface area contributed by atoms with Gasteiger partial charge in [0, 0.05) is 24.1 Å². The molecule has 9 heteroatoms. The average molecular weight is 472 g/mol. The van der Waals surface area contributed by atoms with Crippen LogP contribution in [0.4, 0.5) is 0 Å². The summed E-state index contributed by atoms with van der Waals surface area (Å²) >= 11 is 0. The maximum atomic E-state index is 13.5. The molecule has 35 heavy (non-hydrogen) atoms. The number of carbonyl (C=O) groups is 1. The third-order valence-electron chi connectivity index (χ3n) is 6.31. The van der Waals surface area contributed by atoms with Crippen LogP contribution in [0.15, 0.2) is 64.2 Å². The van der Waals surface area contributed by atoms with Gasteiger partial charge in [0.05, 0.1) is 0 Å². The highest BCUT2D eigenvalue weighted by Gasteiger charge is 2.24. The van der Waals surface area contributed by atoms with Crippen molar-refractivity contribution in [2.24, 2.45) is 7.05 Å². The topological polar surface area (TPSA) is 92.5 Å². The largest absolute Gasteiger partial charge is 0.459 e. The molecule has 3 heterocycles. The van der Waals surface area contributed by atoms with E-state index in [1.165, 1.54) is 4.57 Å². The molecule has 5 rings (SSSR count). The van der Waals surface area contributed by atoms with Crippen molar-refractivity contribution in [1.29, 1.82) is 0 Å². The second kappa shape index (κ2) is 8.43. The second-order valence-electron chi connectivity index (χ2n) is 8.64. The van der Waals surface area contributed by atoms with Gasteiger partial charge in [0.1, 0.15) is 13.2 Å². The van der Waals surface area contributed by atoms with Gasteiger partial charge in [-0.15, -0.1) is 0 Å². The molecule has 2 aromatic carbocycles. The summed E-state index contributed by atoms with van der Waals surface area (Å²) in [7, 11) is 1.54. The van der Waals surface area contributed by atoms with E-state index >= 15 is 0 Å². The van der Waals surface area contributed by atoms with Crippen LogP contribution < -0.4 is 11.2 Å². The summed E-state index contributed by atoms with van der Waals surface area (Å²) < 4.78 is 11.2. The number of ether oxygens (including phenoxy) is 1. The maximum Gasteiger partial charge on any atom is 0.333 e. The molecule has 0 saturated carbocycles. The fourth-order valence-corrected chi connectivity index (χ4v) is 4.38. The molecule has 0 spiro atoms. The van der Waals surface area contributed by atoms with E-state index < -0.39 is 23.8 Å². The minimum absolute atomic E-state index is 0.0611. The van der Waals surface area contributed by atoms with Crippen molar-refractivity contribution in [3.63, 3.8) is 0 Å². The van der Waals surface area contributed by atoms with E-state index in [0.717, 1.165) is 32.8 Å². The predicted molar refractivity (Wildman–Crippen MR) is 132 cm³/mol. The van der Waals surface area contributed by atoms with Crippen molar-refractivity contribution in [1.82, 2.24) is 23.1 Å². The predicted octanol–water partition coefficient (Wildman–Crippen LogP) is 2.81. The van der Waals surface area contributed by atoms with E-state index in [1.807, 2.05) is 79.9 Å². The summed E-state index contributed by atoms with van der Waals surface area (Å²) in [5, 5.41) is 0. The fraction of sp³-hybridized carbons (Fsp3) is 0.231. The number of hydrogen-bond acceptors (Lipinski definition) is 5. The van der Waals surface area contributed by atoms with Gasteiger partial charge in [-0.1, -0.05) is 42.5 Å². The molecule has 0 bridgehead atoms. The molecule has 0 aliphatic rings. The molecule has 0 aliphatic heterocycles. The molecular weight excluding hydrogens is 446 g/mol. The summed E-state index contributed by atoms with van der Waals surface area (Å²) in [6.45, 7) is 5.44. The zero-order chi connectivity index (χ0) is 24.9. The van der Waals surface area contributed by atoms with Gasteiger partial charge in [-0.25, -0.2) is 9.36 Å². The second-order valence-corrected chi connectivity index (χ2v) is 8.64. The summed E-state index contributed by atoms with van der Waals surface area (Å²) in [5.74, 6) is -0.143. The first-order valence-electron chi connectivity index (χ1n) is 11.2. The molecule has 0 atom stereocenters. The normalized spacial score (nSPS) is 11.4. The Hall–Kier alpha value is -4.40. The lowest BCUT2D eigenvalue weighted by Crippen LogP contribution is -2.41. The number of rotatable bonds is 5. The molecule has 178 valence electrons. The Bertz CT molecular complexity index is 1720. The quantitative estimate of drug-likeness (QED) is 0.368. The number of aryl methyl sites for hydroxylation is 3. The number of imidazole rings is 2. The van der Waals surface area contributed by atoms with E-state index in [0.29, 0.717) is 5.78 Å². The minimum Gasteiger partial charge on any atom is -0.459 e. The van der Waals surface area contributed by atoms with Crippen molar-refractivity contribution in [3.05, 3.63) is 98.0 Å². The van der Waals surface area contributed by atoms with Crippen molar-refractivity contribution in [2.75, 3.05) is 0 Å². The van der Waals surface area contributed by atoms with Crippen LogP contribution in [0.25, 0.3) is 22.6 Å².